The maximum atomic E-state index is 11.8. The first kappa shape index (κ1) is 14.8. The molecule has 2 unspecified atom stereocenters. The third kappa shape index (κ3) is 4.56. The molecule has 1 aliphatic heterocycles. The minimum Gasteiger partial charge on any atom is -0.480 e. The molecule has 1 aliphatic rings. The lowest BCUT2D eigenvalue weighted by molar-refractivity contribution is -0.144. The number of aliphatic carboxylic acids is 1. The van der Waals surface area contributed by atoms with Crippen molar-refractivity contribution in [3.8, 4) is 0 Å². The Balaban J connectivity index is 2.44. The Morgan fingerprint density at radius 3 is 2.72 bits per heavy atom. The zero-order chi connectivity index (χ0) is 13.5. The van der Waals surface area contributed by atoms with Gasteiger partial charge in [-0.1, -0.05) is 0 Å². The lowest BCUT2D eigenvalue weighted by Gasteiger charge is -2.16. The van der Waals surface area contributed by atoms with Gasteiger partial charge in [-0.2, -0.15) is 0 Å². The van der Waals surface area contributed by atoms with Crippen LogP contribution in [0.5, 0.6) is 0 Å². The molecular weight excluding hydrogens is 258 g/mol. The van der Waals surface area contributed by atoms with Crippen LogP contribution in [0.2, 0.25) is 0 Å². The Bertz CT molecular complexity index is 327. The second-order valence-corrected chi connectivity index (χ2v) is 5.33. The number of methoxy groups -OCH3 is 1. The summed E-state index contributed by atoms with van der Waals surface area (Å²) < 4.78 is 4.44. The molecule has 2 N–H and O–H groups in total. The van der Waals surface area contributed by atoms with Crippen LogP contribution < -0.4 is 5.32 Å². The Labute approximate surface area is 109 Å². The first-order valence-electron chi connectivity index (χ1n) is 5.76. The van der Waals surface area contributed by atoms with E-state index in [0.717, 1.165) is 18.6 Å². The highest BCUT2D eigenvalue weighted by Crippen LogP contribution is 2.26. The molecule has 1 heterocycles. The zero-order valence-electron chi connectivity index (χ0n) is 10.2. The van der Waals surface area contributed by atoms with Gasteiger partial charge in [0.05, 0.1) is 12.4 Å². The van der Waals surface area contributed by atoms with Crippen molar-refractivity contribution in [3.63, 3.8) is 0 Å². The minimum absolute atomic E-state index is 0.0223. The molecule has 1 saturated heterocycles. The number of rotatable bonds is 6. The number of ether oxygens (including phenoxy) is 1. The van der Waals surface area contributed by atoms with Crippen LogP contribution in [0.15, 0.2) is 0 Å². The number of hydrogen-bond acceptors (Lipinski definition) is 5. The van der Waals surface area contributed by atoms with Crippen LogP contribution in [-0.4, -0.2) is 47.1 Å². The standard InChI is InChI=1S/C11H17NO5S/c1-17-9(13)5-4-7(11(15)16)12-10(14)8-3-2-6-18-8/h7-8H,2-6H2,1H3,(H,12,14)(H,15,16). The molecule has 1 fully saturated rings. The number of carbonyl (C=O) groups is 3. The van der Waals surface area contributed by atoms with Crippen LogP contribution in [0.1, 0.15) is 25.7 Å². The normalized spacial score (nSPS) is 20.2. The van der Waals surface area contributed by atoms with Gasteiger partial charge in [-0.05, 0) is 25.0 Å². The third-order valence-electron chi connectivity index (χ3n) is 2.70. The molecule has 0 bridgehead atoms. The molecule has 0 aliphatic carbocycles. The maximum Gasteiger partial charge on any atom is 0.326 e. The highest BCUT2D eigenvalue weighted by Gasteiger charge is 2.28. The molecule has 6 nitrogen and oxygen atoms in total. The molecule has 0 aromatic heterocycles. The van der Waals surface area contributed by atoms with Gasteiger partial charge in [-0.25, -0.2) is 4.79 Å². The molecule has 1 amide bonds. The number of carbonyl (C=O) groups excluding carboxylic acids is 2. The number of thioether (sulfide) groups is 1. The van der Waals surface area contributed by atoms with Crippen molar-refractivity contribution in [2.45, 2.75) is 37.0 Å². The zero-order valence-corrected chi connectivity index (χ0v) is 11.0. The van der Waals surface area contributed by atoms with E-state index in [9.17, 15) is 14.4 Å². The third-order valence-corrected chi connectivity index (χ3v) is 4.08. The summed E-state index contributed by atoms with van der Waals surface area (Å²) in [5, 5.41) is 11.3. The van der Waals surface area contributed by atoms with Gasteiger partial charge < -0.3 is 15.2 Å². The number of hydrogen-bond donors (Lipinski definition) is 2. The summed E-state index contributed by atoms with van der Waals surface area (Å²) in [5.41, 5.74) is 0. The van der Waals surface area contributed by atoms with Crippen molar-refractivity contribution in [1.82, 2.24) is 5.32 Å². The summed E-state index contributed by atoms with van der Waals surface area (Å²) in [6.07, 6.45) is 1.78. The van der Waals surface area contributed by atoms with E-state index in [1.54, 1.807) is 0 Å². The summed E-state index contributed by atoms with van der Waals surface area (Å²) in [6, 6.07) is -1.03. The lowest BCUT2D eigenvalue weighted by Crippen LogP contribution is -2.44. The topological polar surface area (TPSA) is 92.7 Å². The molecule has 0 radical (unpaired) electrons. The van der Waals surface area contributed by atoms with E-state index in [2.05, 4.69) is 10.1 Å². The van der Waals surface area contributed by atoms with E-state index in [1.165, 1.54) is 18.9 Å². The van der Waals surface area contributed by atoms with Crippen molar-refractivity contribution < 1.29 is 24.2 Å². The van der Waals surface area contributed by atoms with Gasteiger partial charge in [0.1, 0.15) is 6.04 Å². The van der Waals surface area contributed by atoms with E-state index in [1.807, 2.05) is 0 Å². The van der Waals surface area contributed by atoms with Gasteiger partial charge in [0.15, 0.2) is 0 Å². The van der Waals surface area contributed by atoms with Gasteiger partial charge in [-0.3, -0.25) is 9.59 Å². The average molecular weight is 275 g/mol. The van der Waals surface area contributed by atoms with E-state index in [4.69, 9.17) is 5.11 Å². The summed E-state index contributed by atoms with van der Waals surface area (Å²) in [5.74, 6) is -0.936. The lowest BCUT2D eigenvalue weighted by atomic mass is 10.1. The largest absolute Gasteiger partial charge is 0.480 e. The Morgan fingerprint density at radius 2 is 2.22 bits per heavy atom. The minimum atomic E-state index is -1.13. The van der Waals surface area contributed by atoms with Crippen LogP contribution >= 0.6 is 11.8 Å². The van der Waals surface area contributed by atoms with Crippen LogP contribution in [0.3, 0.4) is 0 Å². The Kier molecular flexibility index (Phi) is 5.97. The number of nitrogens with one attached hydrogen (secondary N) is 1. The SMILES string of the molecule is COC(=O)CCC(NC(=O)C1CCCS1)C(=O)O. The molecule has 0 aromatic rings. The molecule has 102 valence electrons. The second-order valence-electron chi connectivity index (χ2n) is 4.02. The maximum absolute atomic E-state index is 11.8. The molecule has 0 saturated carbocycles. The van der Waals surface area contributed by atoms with Gasteiger partial charge in [0, 0.05) is 6.42 Å². The predicted octanol–water partition coefficient (Wildman–Crippen LogP) is 0.405. The van der Waals surface area contributed by atoms with Crippen molar-refractivity contribution in [2.75, 3.05) is 12.9 Å². The Hall–Kier alpha value is -1.24. The van der Waals surface area contributed by atoms with Crippen molar-refractivity contribution in [2.24, 2.45) is 0 Å². The predicted molar refractivity (Wildman–Crippen MR) is 66.3 cm³/mol. The van der Waals surface area contributed by atoms with Crippen LogP contribution in [-0.2, 0) is 19.1 Å². The molecule has 2 atom stereocenters. The van der Waals surface area contributed by atoms with Gasteiger partial charge >= 0.3 is 11.9 Å². The average Bonchev–Trinajstić information content (AvgIpc) is 2.87. The first-order valence-corrected chi connectivity index (χ1v) is 6.81. The van der Waals surface area contributed by atoms with Gasteiger partial charge in [0.25, 0.3) is 0 Å². The number of amides is 1. The first-order chi connectivity index (χ1) is 8.54. The summed E-state index contributed by atoms with van der Waals surface area (Å²) >= 11 is 1.54. The van der Waals surface area contributed by atoms with Crippen LogP contribution in [0.25, 0.3) is 0 Å². The summed E-state index contributed by atoms with van der Waals surface area (Å²) in [6.45, 7) is 0. The summed E-state index contributed by atoms with van der Waals surface area (Å²) in [7, 11) is 1.24. The smallest absolute Gasteiger partial charge is 0.326 e. The highest BCUT2D eigenvalue weighted by atomic mass is 32.2. The number of carboxylic acid groups (broad SMARTS) is 1. The van der Waals surface area contributed by atoms with E-state index < -0.39 is 18.0 Å². The monoisotopic (exact) mass is 275 g/mol. The van der Waals surface area contributed by atoms with Gasteiger partial charge in [0.2, 0.25) is 5.91 Å². The summed E-state index contributed by atoms with van der Waals surface area (Å²) in [4.78, 5) is 33.7. The van der Waals surface area contributed by atoms with Crippen LogP contribution in [0, 0.1) is 0 Å². The molecule has 0 spiro atoms. The number of esters is 1. The van der Waals surface area contributed by atoms with Crippen molar-refractivity contribution >= 4 is 29.6 Å². The number of carboxylic acids is 1. The molecule has 0 aromatic carbocycles. The Morgan fingerprint density at radius 1 is 1.50 bits per heavy atom. The molecule has 1 rings (SSSR count). The second kappa shape index (κ2) is 7.25. The fourth-order valence-electron chi connectivity index (χ4n) is 1.67. The van der Waals surface area contributed by atoms with Gasteiger partial charge in [-0.15, -0.1) is 11.8 Å². The van der Waals surface area contributed by atoms with E-state index >= 15 is 0 Å². The fourth-order valence-corrected chi connectivity index (χ4v) is 2.84. The molecule has 7 heteroatoms. The highest BCUT2D eigenvalue weighted by molar-refractivity contribution is 8.00. The van der Waals surface area contributed by atoms with Crippen LogP contribution in [0.4, 0.5) is 0 Å². The van der Waals surface area contributed by atoms with Crippen molar-refractivity contribution in [1.29, 1.82) is 0 Å². The molecular formula is C11H17NO5S. The fraction of sp³-hybridized carbons (Fsp3) is 0.727. The van der Waals surface area contributed by atoms with E-state index in [0.29, 0.717) is 0 Å². The van der Waals surface area contributed by atoms with Crippen molar-refractivity contribution in [3.05, 3.63) is 0 Å². The quantitative estimate of drug-likeness (QED) is 0.682. The molecule has 18 heavy (non-hydrogen) atoms. The van der Waals surface area contributed by atoms with E-state index in [-0.39, 0.29) is 24.0 Å².